The predicted molar refractivity (Wildman–Crippen MR) is 262 cm³/mol. The first-order valence-corrected chi connectivity index (χ1v) is 21.3. The molecule has 2 heterocycles. The first kappa shape index (κ1) is 35.7. The molecule has 0 fully saturated rings. The van der Waals surface area contributed by atoms with E-state index in [1.54, 1.807) is 0 Å². The van der Waals surface area contributed by atoms with Crippen LogP contribution in [0, 0.1) is 0 Å². The lowest BCUT2D eigenvalue weighted by Crippen LogP contribution is -1.94. The zero-order valence-electron chi connectivity index (χ0n) is 34.0. The van der Waals surface area contributed by atoms with Crippen molar-refractivity contribution in [3.8, 4) is 67.0 Å². The fourth-order valence-electron chi connectivity index (χ4n) is 9.51. The summed E-state index contributed by atoms with van der Waals surface area (Å²) in [6.07, 6.45) is 0. The predicted octanol–water partition coefficient (Wildman–Crippen LogP) is 16.2. The molecule has 10 aromatic carbocycles. The quantitative estimate of drug-likeness (QED) is 0.152. The zero-order valence-corrected chi connectivity index (χ0v) is 34.0. The van der Waals surface area contributed by atoms with Gasteiger partial charge in [0.1, 0.15) is 0 Å². The van der Waals surface area contributed by atoms with Crippen LogP contribution in [0.1, 0.15) is 0 Å². The second-order valence-corrected chi connectivity index (χ2v) is 16.2. The molecule has 62 heavy (non-hydrogen) atoms. The molecule has 2 aromatic heterocycles. The van der Waals surface area contributed by atoms with E-state index in [-0.39, 0.29) is 0 Å². The second kappa shape index (κ2) is 14.8. The summed E-state index contributed by atoms with van der Waals surface area (Å²) in [5, 5.41) is 4.98. The number of hydrogen-bond donors (Lipinski definition) is 0. The van der Waals surface area contributed by atoms with Gasteiger partial charge in [-0.2, -0.15) is 0 Å². The van der Waals surface area contributed by atoms with Gasteiger partial charge in [-0.05, 0) is 134 Å². The van der Waals surface area contributed by atoms with Crippen molar-refractivity contribution in [1.29, 1.82) is 0 Å². The van der Waals surface area contributed by atoms with E-state index < -0.39 is 0 Å². The maximum absolute atomic E-state index is 2.42. The number of para-hydroxylation sites is 3. The Morgan fingerprint density at radius 1 is 0.177 bits per heavy atom. The van der Waals surface area contributed by atoms with Gasteiger partial charge >= 0.3 is 0 Å². The molecule has 0 atom stereocenters. The van der Waals surface area contributed by atoms with Crippen molar-refractivity contribution in [2.75, 3.05) is 0 Å². The monoisotopic (exact) mass is 788 g/mol. The summed E-state index contributed by atoms with van der Waals surface area (Å²) in [4.78, 5) is 0. The van der Waals surface area contributed by atoms with Crippen molar-refractivity contribution in [2.24, 2.45) is 0 Å². The van der Waals surface area contributed by atoms with E-state index >= 15 is 0 Å². The van der Waals surface area contributed by atoms with Crippen LogP contribution in [0.15, 0.2) is 243 Å². The van der Waals surface area contributed by atoms with E-state index in [0.29, 0.717) is 0 Å². The van der Waals surface area contributed by atoms with Crippen LogP contribution in [-0.4, -0.2) is 9.13 Å². The van der Waals surface area contributed by atoms with Crippen LogP contribution in [0.3, 0.4) is 0 Å². The Balaban J connectivity index is 0.994. The molecule has 0 aliphatic heterocycles. The number of hydrogen-bond acceptors (Lipinski definition) is 0. The Kier molecular flexibility index (Phi) is 8.53. The van der Waals surface area contributed by atoms with Gasteiger partial charge in [0.05, 0.1) is 22.1 Å². The highest BCUT2D eigenvalue weighted by atomic mass is 15.0. The molecular weight excluding hydrogens is 749 g/mol. The Labute approximate surface area is 360 Å². The molecule has 0 saturated carbocycles. The number of fused-ring (bicyclic) bond motifs is 6. The zero-order chi connectivity index (χ0) is 41.0. The minimum absolute atomic E-state index is 1.14. The molecule has 0 spiro atoms. The van der Waals surface area contributed by atoms with E-state index in [2.05, 4.69) is 252 Å². The van der Waals surface area contributed by atoms with Crippen LogP contribution in [0.25, 0.3) is 111 Å². The Morgan fingerprint density at radius 3 is 1.10 bits per heavy atom. The van der Waals surface area contributed by atoms with Crippen molar-refractivity contribution < 1.29 is 0 Å². The molecule has 0 unspecified atom stereocenters. The van der Waals surface area contributed by atoms with E-state index in [1.807, 2.05) is 0 Å². The Hall–Kier alpha value is -8.20. The molecule has 290 valence electrons. The minimum Gasteiger partial charge on any atom is -0.309 e. The average molecular weight is 789 g/mol. The molecule has 0 N–H and O–H groups in total. The fraction of sp³-hybridized carbons (Fsp3) is 0. The number of nitrogens with zero attached hydrogens (tertiary/aromatic N) is 2. The molecule has 0 radical (unpaired) electrons. The highest BCUT2D eigenvalue weighted by Crippen LogP contribution is 2.40. The first-order valence-electron chi connectivity index (χ1n) is 21.3. The van der Waals surface area contributed by atoms with Gasteiger partial charge in [-0.3, -0.25) is 0 Å². The minimum atomic E-state index is 1.14. The molecule has 0 bridgehead atoms. The lowest BCUT2D eigenvalue weighted by atomic mass is 9.92. The summed E-state index contributed by atoms with van der Waals surface area (Å²) in [5.41, 5.74) is 19.1. The van der Waals surface area contributed by atoms with Crippen LogP contribution in [0.5, 0.6) is 0 Å². The molecule has 12 aromatic rings. The lowest BCUT2D eigenvalue weighted by Gasteiger charge is -2.13. The number of rotatable bonds is 7. The summed E-state index contributed by atoms with van der Waals surface area (Å²) in [6.45, 7) is 0. The lowest BCUT2D eigenvalue weighted by molar-refractivity contribution is 1.18. The largest absolute Gasteiger partial charge is 0.309 e. The van der Waals surface area contributed by atoms with Gasteiger partial charge in [0.25, 0.3) is 0 Å². The van der Waals surface area contributed by atoms with E-state index in [9.17, 15) is 0 Å². The maximum Gasteiger partial charge on any atom is 0.0547 e. The van der Waals surface area contributed by atoms with Gasteiger partial charge in [-0.15, -0.1) is 0 Å². The molecule has 12 rings (SSSR count). The normalized spacial score (nSPS) is 11.5. The highest BCUT2D eigenvalue weighted by molar-refractivity contribution is 6.13. The second-order valence-electron chi connectivity index (χ2n) is 16.2. The Morgan fingerprint density at radius 2 is 0.532 bits per heavy atom. The molecule has 0 saturated heterocycles. The standard InChI is InChI=1S/C60H40N2/c1-5-16-41(17-6-1)48-35-49(42-18-7-2-8-19-42)37-50(36-48)44-21-15-20-43(34-44)45-30-33-58-56(38-45)55-32-29-47(40-60(55)62(58)52-24-11-4-12-25-52)46-28-31-54-53-26-13-14-27-57(53)61(59(54)39-46)51-22-9-3-10-23-51/h1-40H. The first-order chi connectivity index (χ1) is 30.7. The topological polar surface area (TPSA) is 9.86 Å². The van der Waals surface area contributed by atoms with Crippen molar-refractivity contribution in [3.05, 3.63) is 243 Å². The number of aromatic nitrogens is 2. The third-order valence-electron chi connectivity index (χ3n) is 12.5. The average Bonchev–Trinajstić information content (AvgIpc) is 3.86. The molecular formula is C60H40N2. The summed E-state index contributed by atoms with van der Waals surface area (Å²) in [6, 6.07) is 88.5. The molecule has 0 aliphatic carbocycles. The highest BCUT2D eigenvalue weighted by Gasteiger charge is 2.17. The van der Waals surface area contributed by atoms with Crippen LogP contribution in [0.2, 0.25) is 0 Å². The molecule has 2 nitrogen and oxygen atoms in total. The summed E-state index contributed by atoms with van der Waals surface area (Å²) >= 11 is 0. The van der Waals surface area contributed by atoms with Gasteiger partial charge in [-0.1, -0.05) is 164 Å². The van der Waals surface area contributed by atoms with Gasteiger partial charge in [0.2, 0.25) is 0 Å². The van der Waals surface area contributed by atoms with Crippen molar-refractivity contribution in [1.82, 2.24) is 9.13 Å². The third-order valence-corrected chi connectivity index (χ3v) is 12.5. The van der Waals surface area contributed by atoms with Gasteiger partial charge in [0.15, 0.2) is 0 Å². The van der Waals surface area contributed by atoms with E-state index in [1.165, 1.54) is 99.2 Å². The van der Waals surface area contributed by atoms with Crippen LogP contribution >= 0.6 is 0 Å². The smallest absolute Gasteiger partial charge is 0.0547 e. The maximum atomic E-state index is 2.42. The van der Waals surface area contributed by atoms with Gasteiger partial charge < -0.3 is 9.13 Å². The summed E-state index contributed by atoms with van der Waals surface area (Å²) < 4.78 is 4.82. The molecule has 0 amide bonds. The van der Waals surface area contributed by atoms with Crippen molar-refractivity contribution >= 4 is 43.6 Å². The molecule has 2 heteroatoms. The summed E-state index contributed by atoms with van der Waals surface area (Å²) in [5.74, 6) is 0. The molecule has 0 aliphatic rings. The summed E-state index contributed by atoms with van der Waals surface area (Å²) in [7, 11) is 0. The van der Waals surface area contributed by atoms with E-state index in [0.717, 1.165) is 11.4 Å². The third kappa shape index (κ3) is 6.12. The van der Waals surface area contributed by atoms with Crippen LogP contribution in [0.4, 0.5) is 0 Å². The van der Waals surface area contributed by atoms with Gasteiger partial charge in [0, 0.05) is 32.9 Å². The number of benzene rings is 10. The van der Waals surface area contributed by atoms with Crippen molar-refractivity contribution in [2.45, 2.75) is 0 Å². The van der Waals surface area contributed by atoms with Crippen LogP contribution < -0.4 is 0 Å². The fourth-order valence-corrected chi connectivity index (χ4v) is 9.51. The van der Waals surface area contributed by atoms with Gasteiger partial charge in [-0.25, -0.2) is 0 Å². The van der Waals surface area contributed by atoms with Crippen molar-refractivity contribution in [3.63, 3.8) is 0 Å². The van der Waals surface area contributed by atoms with E-state index in [4.69, 9.17) is 0 Å². The Bertz CT molecular complexity index is 3540. The van der Waals surface area contributed by atoms with Crippen LogP contribution in [-0.2, 0) is 0 Å². The SMILES string of the molecule is c1ccc(-c2cc(-c3ccccc3)cc(-c3cccc(-c4ccc5c(c4)c4ccc(-c6ccc7c8ccccc8n(-c8ccccc8)c7c6)cc4n5-c4ccccc4)c3)c2)cc1.